The highest BCUT2D eigenvalue weighted by atomic mass is 79.9. The molecule has 0 unspecified atom stereocenters. The van der Waals surface area contributed by atoms with Crippen LogP contribution in [0.4, 0.5) is 0 Å². The smallest absolute Gasteiger partial charge is 0.0346 e. The number of aromatic nitrogens is 1. The molecular weight excluding hydrogens is 288 g/mol. The largest absolute Gasteiger partial charge is 0.330 e. The van der Waals surface area contributed by atoms with Gasteiger partial charge in [0, 0.05) is 22.4 Å². The van der Waals surface area contributed by atoms with Gasteiger partial charge in [0.1, 0.15) is 0 Å². The van der Waals surface area contributed by atoms with Gasteiger partial charge in [-0.3, -0.25) is 4.98 Å². The molecule has 0 saturated carbocycles. The number of nitrogens with zero attached hydrogens (tertiary/aromatic N) is 1. The summed E-state index contributed by atoms with van der Waals surface area (Å²) >= 11 is 3.45. The van der Waals surface area contributed by atoms with E-state index in [9.17, 15) is 0 Å². The lowest BCUT2D eigenvalue weighted by atomic mass is 9.98. The Kier molecular flexibility index (Phi) is 4.67. The molecule has 18 heavy (non-hydrogen) atoms. The highest BCUT2D eigenvalue weighted by molar-refractivity contribution is 9.10. The average molecular weight is 303 g/mol. The number of pyridine rings is 1. The summed E-state index contributed by atoms with van der Waals surface area (Å²) in [5.74, 6) is 0. The Bertz CT molecular complexity index is 518. The third-order valence-electron chi connectivity index (χ3n) is 2.64. The standard InChI is InChI=1S/C15H15BrN2/c16-14-7-5-12(6-8-14)15(4-1-9-17)13-3-2-10-18-11-13/h2-8,10-11H,1,9,17H2/b15-4+. The predicted octanol–water partition coefficient (Wildman–Crippen LogP) is 3.62. The molecule has 3 heteroatoms. The maximum atomic E-state index is 5.59. The van der Waals surface area contributed by atoms with Gasteiger partial charge in [-0.25, -0.2) is 0 Å². The third kappa shape index (κ3) is 3.28. The van der Waals surface area contributed by atoms with Gasteiger partial charge in [-0.1, -0.05) is 40.2 Å². The minimum atomic E-state index is 0.653. The Morgan fingerprint density at radius 2 is 1.94 bits per heavy atom. The van der Waals surface area contributed by atoms with Crippen LogP contribution >= 0.6 is 15.9 Å². The molecule has 92 valence electrons. The lowest BCUT2D eigenvalue weighted by Crippen LogP contribution is -1.97. The molecule has 0 aliphatic carbocycles. The molecule has 1 aromatic carbocycles. The van der Waals surface area contributed by atoms with E-state index in [-0.39, 0.29) is 0 Å². The highest BCUT2D eigenvalue weighted by Crippen LogP contribution is 2.24. The van der Waals surface area contributed by atoms with Crippen LogP contribution in [0.1, 0.15) is 17.5 Å². The van der Waals surface area contributed by atoms with Crippen LogP contribution in [0.2, 0.25) is 0 Å². The molecule has 0 spiro atoms. The molecular formula is C15H15BrN2. The molecule has 2 aromatic rings. The third-order valence-corrected chi connectivity index (χ3v) is 3.17. The predicted molar refractivity (Wildman–Crippen MR) is 79.1 cm³/mol. The molecule has 0 amide bonds. The van der Waals surface area contributed by atoms with E-state index in [4.69, 9.17) is 5.73 Å². The molecule has 0 bridgehead atoms. The normalized spacial score (nSPS) is 11.6. The van der Waals surface area contributed by atoms with E-state index in [1.807, 2.05) is 24.4 Å². The molecule has 2 nitrogen and oxygen atoms in total. The first kappa shape index (κ1) is 13.0. The van der Waals surface area contributed by atoms with E-state index < -0.39 is 0 Å². The van der Waals surface area contributed by atoms with E-state index >= 15 is 0 Å². The van der Waals surface area contributed by atoms with Crippen molar-refractivity contribution in [3.8, 4) is 0 Å². The van der Waals surface area contributed by atoms with Gasteiger partial charge in [-0.15, -0.1) is 0 Å². The summed E-state index contributed by atoms with van der Waals surface area (Å²) in [5.41, 5.74) is 9.07. The molecule has 2 rings (SSSR count). The van der Waals surface area contributed by atoms with Crippen molar-refractivity contribution in [1.29, 1.82) is 0 Å². The fraction of sp³-hybridized carbons (Fsp3) is 0.133. The first-order valence-electron chi connectivity index (χ1n) is 5.88. The minimum Gasteiger partial charge on any atom is -0.330 e. The maximum absolute atomic E-state index is 5.59. The Balaban J connectivity index is 2.40. The van der Waals surface area contributed by atoms with Crippen molar-refractivity contribution in [1.82, 2.24) is 4.98 Å². The second-order valence-corrected chi connectivity index (χ2v) is 4.86. The summed E-state index contributed by atoms with van der Waals surface area (Å²) in [6.07, 6.45) is 6.69. The van der Waals surface area contributed by atoms with Gasteiger partial charge in [0.15, 0.2) is 0 Å². The zero-order chi connectivity index (χ0) is 12.8. The lowest BCUT2D eigenvalue weighted by Gasteiger charge is -2.08. The fourth-order valence-corrected chi connectivity index (χ4v) is 2.05. The SMILES string of the molecule is NCC/C=C(\c1ccc(Br)cc1)c1cccnc1. The van der Waals surface area contributed by atoms with Gasteiger partial charge in [0.2, 0.25) is 0 Å². The van der Waals surface area contributed by atoms with E-state index in [2.05, 4.69) is 45.2 Å². The highest BCUT2D eigenvalue weighted by Gasteiger charge is 2.04. The topological polar surface area (TPSA) is 38.9 Å². The molecule has 0 fully saturated rings. The van der Waals surface area contributed by atoms with Crippen LogP contribution in [0.3, 0.4) is 0 Å². The molecule has 0 aliphatic rings. The van der Waals surface area contributed by atoms with Gasteiger partial charge in [0.05, 0.1) is 0 Å². The molecule has 1 aromatic heterocycles. The van der Waals surface area contributed by atoms with Crippen molar-refractivity contribution in [2.45, 2.75) is 6.42 Å². The van der Waals surface area contributed by atoms with Crippen molar-refractivity contribution in [2.24, 2.45) is 5.73 Å². The second kappa shape index (κ2) is 6.47. The van der Waals surface area contributed by atoms with Gasteiger partial charge >= 0.3 is 0 Å². The van der Waals surface area contributed by atoms with Crippen LogP contribution in [0, 0.1) is 0 Å². The minimum absolute atomic E-state index is 0.653. The Labute approximate surface area is 116 Å². The van der Waals surface area contributed by atoms with Crippen molar-refractivity contribution in [3.63, 3.8) is 0 Å². The van der Waals surface area contributed by atoms with Crippen LogP contribution in [-0.4, -0.2) is 11.5 Å². The number of hydrogen-bond donors (Lipinski definition) is 1. The second-order valence-electron chi connectivity index (χ2n) is 3.94. The van der Waals surface area contributed by atoms with E-state index in [0.29, 0.717) is 6.54 Å². The van der Waals surface area contributed by atoms with Crippen molar-refractivity contribution < 1.29 is 0 Å². The number of benzene rings is 1. The van der Waals surface area contributed by atoms with Gasteiger partial charge in [-0.2, -0.15) is 0 Å². The van der Waals surface area contributed by atoms with Crippen LogP contribution in [0.5, 0.6) is 0 Å². The summed E-state index contributed by atoms with van der Waals surface area (Å²) in [6, 6.07) is 12.3. The number of hydrogen-bond acceptors (Lipinski definition) is 2. The molecule has 1 heterocycles. The number of nitrogens with two attached hydrogens (primary N) is 1. The van der Waals surface area contributed by atoms with E-state index in [1.54, 1.807) is 6.20 Å². The molecule has 0 aliphatic heterocycles. The van der Waals surface area contributed by atoms with Crippen molar-refractivity contribution in [2.75, 3.05) is 6.54 Å². The van der Waals surface area contributed by atoms with Crippen LogP contribution < -0.4 is 5.73 Å². The molecule has 0 atom stereocenters. The van der Waals surface area contributed by atoms with Crippen molar-refractivity contribution >= 4 is 21.5 Å². The van der Waals surface area contributed by atoms with E-state index in [0.717, 1.165) is 16.5 Å². The molecule has 2 N–H and O–H groups in total. The quantitative estimate of drug-likeness (QED) is 0.937. The summed E-state index contributed by atoms with van der Waals surface area (Å²) in [6.45, 7) is 0.653. The van der Waals surface area contributed by atoms with Crippen molar-refractivity contribution in [3.05, 3.63) is 70.5 Å². The Morgan fingerprint density at radius 3 is 2.56 bits per heavy atom. The molecule has 0 saturated heterocycles. The van der Waals surface area contributed by atoms with Crippen LogP contribution in [0.15, 0.2) is 59.3 Å². The Morgan fingerprint density at radius 1 is 1.17 bits per heavy atom. The zero-order valence-electron chi connectivity index (χ0n) is 10.0. The zero-order valence-corrected chi connectivity index (χ0v) is 11.6. The van der Waals surface area contributed by atoms with Crippen LogP contribution in [0.25, 0.3) is 5.57 Å². The number of rotatable bonds is 4. The van der Waals surface area contributed by atoms with Gasteiger partial charge < -0.3 is 5.73 Å². The summed E-state index contributed by atoms with van der Waals surface area (Å²) in [5, 5.41) is 0. The fourth-order valence-electron chi connectivity index (χ4n) is 1.78. The van der Waals surface area contributed by atoms with Gasteiger partial charge in [-0.05, 0) is 42.3 Å². The Hall–Kier alpha value is -1.45. The lowest BCUT2D eigenvalue weighted by molar-refractivity contribution is 1.01. The summed E-state index contributed by atoms with van der Waals surface area (Å²) < 4.78 is 1.08. The van der Waals surface area contributed by atoms with Crippen LogP contribution in [-0.2, 0) is 0 Å². The van der Waals surface area contributed by atoms with Gasteiger partial charge in [0.25, 0.3) is 0 Å². The average Bonchev–Trinajstić information content (AvgIpc) is 2.42. The summed E-state index contributed by atoms with van der Waals surface area (Å²) in [4.78, 5) is 4.18. The number of halogens is 1. The maximum Gasteiger partial charge on any atom is 0.0346 e. The van der Waals surface area contributed by atoms with E-state index in [1.165, 1.54) is 11.1 Å². The first-order valence-corrected chi connectivity index (χ1v) is 6.67. The monoisotopic (exact) mass is 302 g/mol. The first-order chi connectivity index (χ1) is 8.81. The molecule has 0 radical (unpaired) electrons. The summed E-state index contributed by atoms with van der Waals surface area (Å²) in [7, 11) is 0.